The molecule has 1 aromatic carbocycles. The summed E-state index contributed by atoms with van der Waals surface area (Å²) < 4.78 is 5.82. The molecule has 2 aromatic rings. The van der Waals surface area contributed by atoms with E-state index in [4.69, 9.17) is 4.74 Å². The first-order chi connectivity index (χ1) is 8.81. The van der Waals surface area contributed by atoms with Crippen LogP contribution in [0.25, 0.3) is 11.1 Å². The lowest BCUT2D eigenvalue weighted by Crippen LogP contribution is -1.98. The minimum absolute atomic E-state index is 0.786. The van der Waals surface area contributed by atoms with Crippen LogP contribution in [0.5, 0.6) is 5.75 Å². The topological polar surface area (TPSA) is 22.1 Å². The maximum atomic E-state index is 5.82. The third-order valence-electron chi connectivity index (χ3n) is 2.94. The van der Waals surface area contributed by atoms with Crippen LogP contribution in [-0.2, 0) is 0 Å². The molecule has 0 unspecified atom stereocenters. The van der Waals surface area contributed by atoms with E-state index < -0.39 is 0 Å². The number of aromatic nitrogens is 1. The molecule has 0 bridgehead atoms. The molecule has 0 aliphatic rings. The lowest BCUT2D eigenvalue weighted by molar-refractivity contribution is 0.307. The van der Waals surface area contributed by atoms with Gasteiger partial charge in [-0.25, -0.2) is 0 Å². The van der Waals surface area contributed by atoms with Crippen LogP contribution in [0.2, 0.25) is 0 Å². The Morgan fingerprint density at radius 1 is 1.17 bits per heavy atom. The predicted molar refractivity (Wildman–Crippen MR) is 74.8 cm³/mol. The van der Waals surface area contributed by atoms with Gasteiger partial charge < -0.3 is 4.74 Å². The fourth-order valence-electron chi connectivity index (χ4n) is 1.80. The second kappa shape index (κ2) is 6.20. The van der Waals surface area contributed by atoms with Crippen LogP contribution in [-0.4, -0.2) is 11.6 Å². The highest BCUT2D eigenvalue weighted by molar-refractivity contribution is 5.65. The van der Waals surface area contributed by atoms with Crippen LogP contribution >= 0.6 is 0 Å². The number of benzene rings is 1. The van der Waals surface area contributed by atoms with Gasteiger partial charge in [-0.3, -0.25) is 4.98 Å². The average Bonchev–Trinajstić information content (AvgIpc) is 2.42. The smallest absolute Gasteiger partial charge is 0.122 e. The molecule has 0 N–H and O–H groups in total. The largest absolute Gasteiger partial charge is 0.493 e. The third-order valence-corrected chi connectivity index (χ3v) is 2.94. The second-order valence-corrected chi connectivity index (χ2v) is 4.42. The summed E-state index contributed by atoms with van der Waals surface area (Å²) in [6.45, 7) is 5.03. The van der Waals surface area contributed by atoms with E-state index >= 15 is 0 Å². The molecule has 0 atom stereocenters. The molecule has 2 nitrogen and oxygen atoms in total. The molecule has 0 aliphatic carbocycles. The van der Waals surface area contributed by atoms with Gasteiger partial charge in [0.2, 0.25) is 0 Å². The molecule has 18 heavy (non-hydrogen) atoms. The molecule has 94 valence electrons. The molecule has 2 heteroatoms. The molecule has 2 rings (SSSR count). The average molecular weight is 241 g/mol. The van der Waals surface area contributed by atoms with Crippen molar-refractivity contribution in [3.8, 4) is 16.9 Å². The van der Waals surface area contributed by atoms with Gasteiger partial charge >= 0.3 is 0 Å². The molecular weight excluding hydrogens is 222 g/mol. The minimum Gasteiger partial charge on any atom is -0.493 e. The van der Waals surface area contributed by atoms with Crippen LogP contribution in [0.4, 0.5) is 0 Å². The number of pyridine rings is 1. The Morgan fingerprint density at radius 3 is 2.78 bits per heavy atom. The summed E-state index contributed by atoms with van der Waals surface area (Å²) in [7, 11) is 0. The van der Waals surface area contributed by atoms with E-state index in [0.717, 1.165) is 36.3 Å². The number of hydrogen-bond acceptors (Lipinski definition) is 2. The zero-order valence-electron chi connectivity index (χ0n) is 11.0. The molecule has 0 saturated carbocycles. The van der Waals surface area contributed by atoms with E-state index in [-0.39, 0.29) is 0 Å². The van der Waals surface area contributed by atoms with Crippen molar-refractivity contribution >= 4 is 0 Å². The Kier molecular flexibility index (Phi) is 4.35. The highest BCUT2D eigenvalue weighted by atomic mass is 16.5. The summed E-state index contributed by atoms with van der Waals surface area (Å²) in [5.41, 5.74) is 3.46. The van der Waals surface area contributed by atoms with Gasteiger partial charge in [-0.2, -0.15) is 0 Å². The van der Waals surface area contributed by atoms with E-state index in [0.29, 0.717) is 0 Å². The van der Waals surface area contributed by atoms with Crippen LogP contribution in [0, 0.1) is 6.92 Å². The highest BCUT2D eigenvalue weighted by Crippen LogP contribution is 2.26. The van der Waals surface area contributed by atoms with Crippen molar-refractivity contribution in [3.05, 3.63) is 48.3 Å². The summed E-state index contributed by atoms with van der Waals surface area (Å²) in [6, 6.07) is 10.3. The van der Waals surface area contributed by atoms with Gasteiger partial charge in [-0.05, 0) is 36.6 Å². The Bertz CT molecular complexity index is 494. The molecule has 0 amide bonds. The Morgan fingerprint density at radius 2 is 2.06 bits per heavy atom. The minimum atomic E-state index is 0.786. The van der Waals surface area contributed by atoms with Gasteiger partial charge in [0.05, 0.1) is 6.61 Å². The normalized spacial score (nSPS) is 10.3. The molecule has 0 spiro atoms. The summed E-state index contributed by atoms with van der Waals surface area (Å²) in [4.78, 5) is 4.15. The predicted octanol–water partition coefficient (Wildman–Crippen LogP) is 4.24. The molecule has 1 heterocycles. The summed E-state index contributed by atoms with van der Waals surface area (Å²) in [5, 5.41) is 0. The zero-order chi connectivity index (χ0) is 12.8. The van der Waals surface area contributed by atoms with E-state index in [1.807, 2.05) is 12.3 Å². The number of nitrogens with zero attached hydrogens (tertiary/aromatic N) is 1. The first kappa shape index (κ1) is 12.6. The Balaban J connectivity index is 2.21. The lowest BCUT2D eigenvalue weighted by atomic mass is 10.1. The molecular formula is C16H19NO. The summed E-state index contributed by atoms with van der Waals surface area (Å²) in [6.07, 6.45) is 5.91. The lowest BCUT2D eigenvalue weighted by Gasteiger charge is -2.10. The highest BCUT2D eigenvalue weighted by Gasteiger charge is 2.03. The van der Waals surface area contributed by atoms with Gasteiger partial charge in [0, 0.05) is 18.0 Å². The Hall–Kier alpha value is -1.83. The zero-order valence-corrected chi connectivity index (χ0v) is 11.0. The number of hydrogen-bond donors (Lipinski definition) is 0. The van der Waals surface area contributed by atoms with E-state index in [9.17, 15) is 0 Å². The Labute approximate surface area is 109 Å². The maximum absolute atomic E-state index is 5.82. The maximum Gasteiger partial charge on any atom is 0.122 e. The van der Waals surface area contributed by atoms with Crippen molar-refractivity contribution in [1.29, 1.82) is 0 Å². The third kappa shape index (κ3) is 3.10. The van der Waals surface area contributed by atoms with Gasteiger partial charge in [-0.1, -0.05) is 31.5 Å². The monoisotopic (exact) mass is 241 g/mol. The van der Waals surface area contributed by atoms with Crippen molar-refractivity contribution in [2.45, 2.75) is 26.7 Å². The van der Waals surface area contributed by atoms with Crippen molar-refractivity contribution in [1.82, 2.24) is 4.98 Å². The standard InChI is InChI=1S/C16H19NO/c1-3-4-10-18-16-11-14(8-7-13(16)2)15-6-5-9-17-12-15/h5-9,11-12H,3-4,10H2,1-2H3. The van der Waals surface area contributed by atoms with E-state index in [1.165, 1.54) is 5.56 Å². The molecule has 0 radical (unpaired) electrons. The van der Waals surface area contributed by atoms with Gasteiger partial charge in [-0.15, -0.1) is 0 Å². The summed E-state index contributed by atoms with van der Waals surface area (Å²) >= 11 is 0. The van der Waals surface area contributed by atoms with Gasteiger partial charge in [0.25, 0.3) is 0 Å². The fraction of sp³-hybridized carbons (Fsp3) is 0.312. The second-order valence-electron chi connectivity index (χ2n) is 4.42. The quantitative estimate of drug-likeness (QED) is 0.731. The fourth-order valence-corrected chi connectivity index (χ4v) is 1.80. The SMILES string of the molecule is CCCCOc1cc(-c2cccnc2)ccc1C. The van der Waals surface area contributed by atoms with Crippen molar-refractivity contribution in [3.63, 3.8) is 0 Å². The van der Waals surface area contributed by atoms with Crippen LogP contribution in [0.3, 0.4) is 0 Å². The van der Waals surface area contributed by atoms with Crippen molar-refractivity contribution in [2.24, 2.45) is 0 Å². The first-order valence-corrected chi connectivity index (χ1v) is 6.45. The van der Waals surface area contributed by atoms with Crippen molar-refractivity contribution < 1.29 is 4.74 Å². The molecule has 0 aliphatic heterocycles. The molecule has 0 saturated heterocycles. The number of aryl methyl sites for hydroxylation is 1. The first-order valence-electron chi connectivity index (χ1n) is 6.45. The summed E-state index contributed by atoms with van der Waals surface area (Å²) in [5.74, 6) is 0.977. The van der Waals surface area contributed by atoms with Gasteiger partial charge in [0.1, 0.15) is 5.75 Å². The van der Waals surface area contributed by atoms with Crippen LogP contribution in [0.15, 0.2) is 42.7 Å². The number of unbranched alkanes of at least 4 members (excludes halogenated alkanes) is 1. The number of ether oxygens (including phenoxy) is 1. The van der Waals surface area contributed by atoms with Crippen LogP contribution in [0.1, 0.15) is 25.3 Å². The van der Waals surface area contributed by atoms with E-state index in [1.54, 1.807) is 6.20 Å². The van der Waals surface area contributed by atoms with Gasteiger partial charge in [0.15, 0.2) is 0 Å². The van der Waals surface area contributed by atoms with Crippen molar-refractivity contribution in [2.75, 3.05) is 6.61 Å². The van der Waals surface area contributed by atoms with Crippen LogP contribution < -0.4 is 4.74 Å². The van der Waals surface area contributed by atoms with E-state index in [2.05, 4.69) is 43.1 Å². The number of rotatable bonds is 5. The molecule has 0 fully saturated rings. The molecule has 1 aromatic heterocycles.